The van der Waals surface area contributed by atoms with Gasteiger partial charge in [-0.3, -0.25) is 4.79 Å². The van der Waals surface area contributed by atoms with Crippen LogP contribution in [0.5, 0.6) is 0 Å². The Morgan fingerprint density at radius 2 is 2.05 bits per heavy atom. The fraction of sp³-hybridized carbons (Fsp3) is 0.438. The van der Waals surface area contributed by atoms with Crippen molar-refractivity contribution in [3.05, 3.63) is 41.5 Å². The quantitative estimate of drug-likeness (QED) is 0.796. The summed E-state index contributed by atoms with van der Waals surface area (Å²) in [5, 5.41) is 12.0. The van der Waals surface area contributed by atoms with Gasteiger partial charge in [0.25, 0.3) is 0 Å². The Kier molecular flexibility index (Phi) is 4.74. The van der Waals surface area contributed by atoms with Gasteiger partial charge in [0.1, 0.15) is 0 Å². The summed E-state index contributed by atoms with van der Waals surface area (Å²) < 4.78 is 0. The average molecular weight is 259 g/mol. The number of carbonyl (C=O) groups excluding carboxylic acids is 1. The van der Waals surface area contributed by atoms with Crippen LogP contribution in [0.4, 0.5) is 0 Å². The van der Waals surface area contributed by atoms with E-state index in [1.54, 1.807) is 6.08 Å². The number of aliphatic hydroxyl groups is 1. The van der Waals surface area contributed by atoms with Crippen LogP contribution in [0.3, 0.4) is 0 Å². The van der Waals surface area contributed by atoms with Crippen LogP contribution in [0, 0.1) is 5.92 Å². The summed E-state index contributed by atoms with van der Waals surface area (Å²) in [4.78, 5) is 11.6. The van der Waals surface area contributed by atoms with E-state index in [0.29, 0.717) is 12.5 Å². The second kappa shape index (κ2) is 6.53. The predicted molar refractivity (Wildman–Crippen MR) is 76.6 cm³/mol. The maximum absolute atomic E-state index is 11.6. The number of hydrogen-bond donors (Lipinski definition) is 2. The molecule has 1 saturated carbocycles. The van der Waals surface area contributed by atoms with E-state index in [1.807, 2.05) is 18.2 Å². The Balaban J connectivity index is 1.75. The van der Waals surface area contributed by atoms with Crippen LogP contribution in [0.15, 0.2) is 30.3 Å². The van der Waals surface area contributed by atoms with Crippen LogP contribution in [0.1, 0.15) is 30.9 Å². The Hall–Kier alpha value is -1.61. The van der Waals surface area contributed by atoms with E-state index in [1.165, 1.54) is 5.56 Å². The van der Waals surface area contributed by atoms with Gasteiger partial charge in [-0.25, -0.2) is 0 Å². The van der Waals surface area contributed by atoms with Crippen LogP contribution in [0.2, 0.25) is 0 Å². The zero-order valence-corrected chi connectivity index (χ0v) is 11.3. The molecule has 1 fully saturated rings. The van der Waals surface area contributed by atoms with Gasteiger partial charge in [0, 0.05) is 12.6 Å². The number of benzene rings is 1. The summed E-state index contributed by atoms with van der Waals surface area (Å²) in [7, 11) is 0. The third-order valence-corrected chi connectivity index (χ3v) is 3.59. The van der Waals surface area contributed by atoms with Crippen molar-refractivity contribution < 1.29 is 9.90 Å². The molecule has 0 unspecified atom stereocenters. The topological polar surface area (TPSA) is 49.3 Å². The van der Waals surface area contributed by atoms with Crippen LogP contribution in [-0.2, 0) is 11.2 Å². The number of rotatable bonds is 5. The van der Waals surface area contributed by atoms with Gasteiger partial charge >= 0.3 is 0 Å². The minimum Gasteiger partial charge on any atom is -0.393 e. The smallest absolute Gasteiger partial charge is 0.244 e. The van der Waals surface area contributed by atoms with Crippen molar-refractivity contribution in [2.45, 2.75) is 32.3 Å². The van der Waals surface area contributed by atoms with Gasteiger partial charge in [0.05, 0.1) is 6.10 Å². The van der Waals surface area contributed by atoms with E-state index in [9.17, 15) is 4.79 Å². The Bertz CT molecular complexity index is 444. The highest BCUT2D eigenvalue weighted by atomic mass is 16.3. The second-order valence-corrected chi connectivity index (χ2v) is 5.16. The first kappa shape index (κ1) is 13.8. The summed E-state index contributed by atoms with van der Waals surface area (Å²) >= 11 is 0. The molecule has 1 aliphatic rings. The van der Waals surface area contributed by atoms with Crippen molar-refractivity contribution >= 4 is 12.0 Å². The number of aryl methyl sites for hydroxylation is 1. The average Bonchev–Trinajstić information content (AvgIpc) is 2.40. The van der Waals surface area contributed by atoms with Crippen molar-refractivity contribution in [2.75, 3.05) is 6.54 Å². The largest absolute Gasteiger partial charge is 0.393 e. The molecule has 1 amide bonds. The van der Waals surface area contributed by atoms with Crippen molar-refractivity contribution in [2.24, 2.45) is 5.92 Å². The van der Waals surface area contributed by atoms with Gasteiger partial charge in [-0.05, 0) is 42.4 Å². The molecule has 3 nitrogen and oxygen atoms in total. The molecule has 0 heterocycles. The lowest BCUT2D eigenvalue weighted by atomic mass is 9.82. The lowest BCUT2D eigenvalue weighted by Gasteiger charge is -2.31. The third kappa shape index (κ3) is 4.21. The number of hydrogen-bond acceptors (Lipinski definition) is 2. The highest BCUT2D eigenvalue weighted by Crippen LogP contribution is 2.25. The first-order chi connectivity index (χ1) is 9.17. The molecule has 3 heteroatoms. The fourth-order valence-corrected chi connectivity index (χ4v) is 2.21. The van der Waals surface area contributed by atoms with Crippen molar-refractivity contribution in [1.82, 2.24) is 5.32 Å². The minimum atomic E-state index is -0.158. The van der Waals surface area contributed by atoms with Gasteiger partial charge in [-0.2, -0.15) is 0 Å². The fourth-order valence-electron chi connectivity index (χ4n) is 2.21. The predicted octanol–water partition coefficient (Wildman–Crippen LogP) is 2.15. The summed E-state index contributed by atoms with van der Waals surface area (Å²) in [6, 6.07) is 8.19. The molecule has 1 aliphatic carbocycles. The minimum absolute atomic E-state index is 0.0686. The summed E-state index contributed by atoms with van der Waals surface area (Å²) in [6.45, 7) is 2.78. The maximum Gasteiger partial charge on any atom is 0.244 e. The highest BCUT2D eigenvalue weighted by Gasteiger charge is 2.26. The van der Waals surface area contributed by atoms with E-state index in [0.717, 1.165) is 24.8 Å². The molecule has 0 atom stereocenters. The first-order valence-electron chi connectivity index (χ1n) is 6.90. The molecule has 0 aliphatic heterocycles. The molecule has 2 N–H and O–H groups in total. The highest BCUT2D eigenvalue weighted by molar-refractivity contribution is 5.91. The van der Waals surface area contributed by atoms with Crippen LogP contribution >= 0.6 is 0 Å². The number of nitrogens with one attached hydrogen (secondary N) is 1. The van der Waals surface area contributed by atoms with Gasteiger partial charge in [0.2, 0.25) is 5.91 Å². The van der Waals surface area contributed by atoms with E-state index < -0.39 is 0 Å². The van der Waals surface area contributed by atoms with Crippen LogP contribution in [0.25, 0.3) is 6.08 Å². The van der Waals surface area contributed by atoms with Crippen molar-refractivity contribution in [1.29, 1.82) is 0 Å². The Morgan fingerprint density at radius 3 is 2.63 bits per heavy atom. The Morgan fingerprint density at radius 1 is 1.37 bits per heavy atom. The molecule has 1 aromatic carbocycles. The standard InChI is InChI=1S/C16H21NO2/c1-2-12-3-5-13(6-4-12)7-8-16(19)17-11-14-9-15(18)10-14/h3-8,14-15,18H,2,9-11H2,1H3,(H,17,19). The lowest BCUT2D eigenvalue weighted by Crippen LogP contribution is -2.37. The first-order valence-corrected chi connectivity index (χ1v) is 6.90. The summed E-state index contributed by atoms with van der Waals surface area (Å²) in [5.74, 6) is 0.372. The normalized spacial score (nSPS) is 22.2. The third-order valence-electron chi connectivity index (χ3n) is 3.59. The lowest BCUT2D eigenvalue weighted by molar-refractivity contribution is -0.117. The van der Waals surface area contributed by atoms with Crippen molar-refractivity contribution in [3.63, 3.8) is 0 Å². The molecule has 0 saturated heterocycles. The molecule has 0 radical (unpaired) electrons. The van der Waals surface area contributed by atoms with Crippen molar-refractivity contribution in [3.8, 4) is 0 Å². The molecule has 2 rings (SSSR count). The maximum atomic E-state index is 11.6. The molecule has 19 heavy (non-hydrogen) atoms. The van der Waals surface area contributed by atoms with E-state index in [4.69, 9.17) is 5.11 Å². The zero-order valence-electron chi connectivity index (χ0n) is 11.3. The number of aliphatic hydroxyl groups excluding tert-OH is 1. The van der Waals surface area contributed by atoms with Crippen LogP contribution in [-0.4, -0.2) is 23.7 Å². The molecular weight excluding hydrogens is 238 g/mol. The number of amides is 1. The second-order valence-electron chi connectivity index (χ2n) is 5.16. The number of carbonyl (C=O) groups is 1. The molecule has 0 aromatic heterocycles. The van der Waals surface area contributed by atoms with E-state index in [2.05, 4.69) is 24.4 Å². The Labute approximate surface area is 114 Å². The van der Waals surface area contributed by atoms with E-state index in [-0.39, 0.29) is 12.0 Å². The van der Waals surface area contributed by atoms with Gasteiger partial charge < -0.3 is 10.4 Å². The summed E-state index contributed by atoms with van der Waals surface area (Å²) in [6.07, 6.45) is 5.87. The van der Waals surface area contributed by atoms with Gasteiger partial charge in [-0.1, -0.05) is 31.2 Å². The van der Waals surface area contributed by atoms with E-state index >= 15 is 0 Å². The van der Waals surface area contributed by atoms with Crippen LogP contribution < -0.4 is 5.32 Å². The van der Waals surface area contributed by atoms with Gasteiger partial charge in [-0.15, -0.1) is 0 Å². The zero-order chi connectivity index (χ0) is 13.7. The summed E-state index contributed by atoms with van der Waals surface area (Å²) in [5.41, 5.74) is 2.33. The SMILES string of the molecule is CCc1ccc(C=CC(=O)NCC2CC(O)C2)cc1. The molecule has 0 spiro atoms. The molecule has 1 aromatic rings. The molecule has 102 valence electrons. The monoisotopic (exact) mass is 259 g/mol. The molecule has 0 bridgehead atoms. The van der Waals surface area contributed by atoms with Gasteiger partial charge in [0.15, 0.2) is 0 Å². The molecular formula is C16H21NO2.